The predicted molar refractivity (Wildman–Crippen MR) is 78.7 cm³/mol. The zero-order valence-corrected chi connectivity index (χ0v) is 11.2. The molecule has 1 aromatic carbocycles. The largest absolute Gasteiger partial charge is 0.347 e. The van der Waals surface area contributed by atoms with Crippen molar-refractivity contribution in [2.45, 2.75) is 32.9 Å². The summed E-state index contributed by atoms with van der Waals surface area (Å²) in [7, 11) is 0. The van der Waals surface area contributed by atoms with E-state index < -0.39 is 0 Å². The molecule has 18 heavy (non-hydrogen) atoms. The monoisotopic (exact) mass is 242 g/mol. The molecule has 96 valence electrons. The highest BCUT2D eigenvalue weighted by atomic mass is 14.9. The van der Waals surface area contributed by atoms with Crippen molar-refractivity contribution < 1.29 is 0 Å². The first-order chi connectivity index (χ1) is 8.86. The van der Waals surface area contributed by atoms with E-state index in [4.69, 9.17) is 0 Å². The maximum absolute atomic E-state index is 3.77. The topological polar surface area (TPSA) is 17.0 Å². The number of aromatic nitrogens is 1. The van der Waals surface area contributed by atoms with Crippen LogP contribution in [0.3, 0.4) is 0 Å². The van der Waals surface area contributed by atoms with E-state index in [-0.39, 0.29) is 0 Å². The van der Waals surface area contributed by atoms with Gasteiger partial charge in [-0.3, -0.25) is 0 Å². The lowest BCUT2D eigenvalue weighted by molar-refractivity contribution is 0.671. The van der Waals surface area contributed by atoms with Crippen LogP contribution in [0.5, 0.6) is 0 Å². The van der Waals surface area contributed by atoms with E-state index in [1.165, 1.54) is 16.5 Å². The maximum Gasteiger partial charge on any atom is 0.0483 e. The molecule has 0 aliphatic rings. The summed E-state index contributed by atoms with van der Waals surface area (Å²) in [6.07, 6.45) is 6.42. The number of nitrogens with zero attached hydrogens (tertiary/aromatic N) is 1. The summed E-state index contributed by atoms with van der Waals surface area (Å²) in [4.78, 5) is 0. The molecule has 0 aliphatic heterocycles. The summed E-state index contributed by atoms with van der Waals surface area (Å²) >= 11 is 0. The first kappa shape index (κ1) is 12.9. The van der Waals surface area contributed by atoms with Crippen molar-refractivity contribution >= 4 is 10.9 Å². The SMILES string of the molecule is C=CCCCn1ccc2c(CNCC)cccc21. The Morgan fingerprint density at radius 2 is 2.22 bits per heavy atom. The molecular weight excluding hydrogens is 220 g/mol. The van der Waals surface area contributed by atoms with E-state index in [2.05, 4.69) is 53.8 Å². The Morgan fingerprint density at radius 3 is 3.00 bits per heavy atom. The molecule has 0 spiro atoms. The molecule has 1 N–H and O–H groups in total. The third-order valence-corrected chi connectivity index (χ3v) is 3.28. The summed E-state index contributed by atoms with van der Waals surface area (Å²) in [5.41, 5.74) is 2.73. The van der Waals surface area contributed by atoms with E-state index in [9.17, 15) is 0 Å². The number of benzene rings is 1. The van der Waals surface area contributed by atoms with Crippen molar-refractivity contribution in [3.05, 3.63) is 48.7 Å². The van der Waals surface area contributed by atoms with Crippen LogP contribution in [0.25, 0.3) is 10.9 Å². The van der Waals surface area contributed by atoms with Gasteiger partial charge in [0.15, 0.2) is 0 Å². The summed E-state index contributed by atoms with van der Waals surface area (Å²) < 4.78 is 2.34. The minimum absolute atomic E-state index is 0.949. The van der Waals surface area contributed by atoms with Crippen molar-refractivity contribution in [1.82, 2.24) is 9.88 Å². The number of hydrogen-bond donors (Lipinski definition) is 1. The Hall–Kier alpha value is -1.54. The molecule has 0 atom stereocenters. The van der Waals surface area contributed by atoms with E-state index >= 15 is 0 Å². The highest BCUT2D eigenvalue weighted by Crippen LogP contribution is 2.20. The van der Waals surface area contributed by atoms with Gasteiger partial charge in [-0.2, -0.15) is 0 Å². The highest BCUT2D eigenvalue weighted by molar-refractivity contribution is 5.83. The molecule has 0 amide bonds. The van der Waals surface area contributed by atoms with Crippen LogP contribution in [0.4, 0.5) is 0 Å². The summed E-state index contributed by atoms with van der Waals surface area (Å²) in [6.45, 7) is 8.94. The van der Waals surface area contributed by atoms with Gasteiger partial charge >= 0.3 is 0 Å². The Balaban J connectivity index is 2.21. The third-order valence-electron chi connectivity index (χ3n) is 3.28. The molecule has 0 radical (unpaired) electrons. The lowest BCUT2D eigenvalue weighted by atomic mass is 10.1. The van der Waals surface area contributed by atoms with Crippen molar-refractivity contribution in [3.63, 3.8) is 0 Å². The van der Waals surface area contributed by atoms with E-state index in [0.717, 1.165) is 32.5 Å². The number of unbranched alkanes of at least 4 members (excludes halogenated alkanes) is 1. The summed E-state index contributed by atoms with van der Waals surface area (Å²) in [5.74, 6) is 0. The van der Waals surface area contributed by atoms with Gasteiger partial charge in [-0.05, 0) is 37.1 Å². The molecule has 0 unspecified atom stereocenters. The number of rotatable bonds is 7. The fourth-order valence-corrected chi connectivity index (χ4v) is 2.30. The minimum atomic E-state index is 0.949. The second-order valence-electron chi connectivity index (χ2n) is 4.57. The number of nitrogens with one attached hydrogen (secondary N) is 1. The predicted octanol–water partition coefficient (Wildman–Crippen LogP) is 3.72. The van der Waals surface area contributed by atoms with Gasteiger partial charge in [0.25, 0.3) is 0 Å². The quantitative estimate of drug-likeness (QED) is 0.578. The lowest BCUT2D eigenvalue weighted by Crippen LogP contribution is -2.11. The molecule has 0 fully saturated rings. The Bertz CT molecular complexity index is 511. The van der Waals surface area contributed by atoms with Gasteiger partial charge in [0.05, 0.1) is 0 Å². The van der Waals surface area contributed by atoms with Crippen molar-refractivity contribution in [2.75, 3.05) is 6.54 Å². The number of allylic oxidation sites excluding steroid dienone is 1. The van der Waals surface area contributed by atoms with Crippen LogP contribution < -0.4 is 5.32 Å². The molecule has 0 saturated carbocycles. The second kappa shape index (κ2) is 6.41. The normalized spacial score (nSPS) is 10.9. The van der Waals surface area contributed by atoms with Crippen molar-refractivity contribution in [2.24, 2.45) is 0 Å². The average molecular weight is 242 g/mol. The van der Waals surface area contributed by atoms with E-state index in [0.29, 0.717) is 0 Å². The van der Waals surface area contributed by atoms with Gasteiger partial charge in [-0.25, -0.2) is 0 Å². The molecule has 0 bridgehead atoms. The highest BCUT2D eigenvalue weighted by Gasteiger charge is 2.04. The summed E-state index contributed by atoms with van der Waals surface area (Å²) in [5, 5.41) is 4.77. The molecule has 0 aliphatic carbocycles. The van der Waals surface area contributed by atoms with Crippen LogP contribution in [-0.2, 0) is 13.1 Å². The van der Waals surface area contributed by atoms with Gasteiger partial charge < -0.3 is 9.88 Å². The maximum atomic E-state index is 3.77. The smallest absolute Gasteiger partial charge is 0.0483 e. The van der Waals surface area contributed by atoms with Crippen LogP contribution in [0.15, 0.2) is 43.1 Å². The summed E-state index contributed by atoms with van der Waals surface area (Å²) in [6, 6.07) is 8.80. The molecule has 2 aromatic rings. The third kappa shape index (κ3) is 2.82. The van der Waals surface area contributed by atoms with Crippen LogP contribution in [0, 0.1) is 0 Å². The average Bonchev–Trinajstić information content (AvgIpc) is 2.81. The van der Waals surface area contributed by atoms with Gasteiger partial charge in [0.1, 0.15) is 0 Å². The Kier molecular flexibility index (Phi) is 4.59. The van der Waals surface area contributed by atoms with Crippen LogP contribution in [-0.4, -0.2) is 11.1 Å². The van der Waals surface area contributed by atoms with Gasteiger partial charge in [0.2, 0.25) is 0 Å². The fraction of sp³-hybridized carbons (Fsp3) is 0.375. The number of hydrogen-bond acceptors (Lipinski definition) is 1. The van der Waals surface area contributed by atoms with Crippen molar-refractivity contribution in [1.29, 1.82) is 0 Å². The molecule has 2 heteroatoms. The first-order valence-electron chi connectivity index (χ1n) is 6.75. The molecule has 2 nitrogen and oxygen atoms in total. The van der Waals surface area contributed by atoms with Gasteiger partial charge in [-0.1, -0.05) is 25.1 Å². The molecule has 2 rings (SSSR count). The standard InChI is InChI=1S/C16H22N2/c1-3-5-6-11-18-12-10-15-14(13-17-4-2)8-7-9-16(15)18/h3,7-10,12,17H,1,4-6,11,13H2,2H3. The van der Waals surface area contributed by atoms with Crippen LogP contribution >= 0.6 is 0 Å². The molecular formula is C16H22N2. The molecule has 0 saturated heterocycles. The lowest BCUT2D eigenvalue weighted by Gasteiger charge is -2.07. The second-order valence-corrected chi connectivity index (χ2v) is 4.57. The van der Waals surface area contributed by atoms with E-state index in [1.54, 1.807) is 0 Å². The van der Waals surface area contributed by atoms with Crippen LogP contribution in [0.1, 0.15) is 25.3 Å². The first-order valence-corrected chi connectivity index (χ1v) is 6.75. The zero-order valence-electron chi connectivity index (χ0n) is 11.2. The molecule has 1 heterocycles. The number of fused-ring (bicyclic) bond motifs is 1. The van der Waals surface area contributed by atoms with Crippen molar-refractivity contribution in [3.8, 4) is 0 Å². The fourth-order valence-electron chi connectivity index (χ4n) is 2.30. The number of aryl methyl sites for hydroxylation is 1. The molecule has 1 aromatic heterocycles. The van der Waals surface area contributed by atoms with Gasteiger partial charge in [0, 0.05) is 30.2 Å². The zero-order chi connectivity index (χ0) is 12.8. The van der Waals surface area contributed by atoms with E-state index in [1.807, 2.05) is 6.08 Å². The Morgan fingerprint density at radius 1 is 1.33 bits per heavy atom. The van der Waals surface area contributed by atoms with Gasteiger partial charge in [-0.15, -0.1) is 6.58 Å². The Labute approximate surface area is 109 Å². The van der Waals surface area contributed by atoms with Crippen LogP contribution in [0.2, 0.25) is 0 Å². The minimum Gasteiger partial charge on any atom is -0.347 e.